The van der Waals surface area contributed by atoms with Gasteiger partial charge in [0.25, 0.3) is 0 Å². The summed E-state index contributed by atoms with van der Waals surface area (Å²) >= 11 is 5.36. The van der Waals surface area contributed by atoms with Gasteiger partial charge in [-0.2, -0.15) is 0 Å². The molecule has 1 aromatic rings. The molecule has 0 radical (unpaired) electrons. The zero-order valence-corrected chi connectivity index (χ0v) is 61.3. The summed E-state index contributed by atoms with van der Waals surface area (Å²) in [4.78, 5) is 256. The number of hydrogen-bond acceptors (Lipinski definition) is 24. The number of Topliss-reactive ketones (excluding diaryl/α,β-unsaturated/α-hetero) is 1. The Balaban J connectivity index is 2.98. The first-order chi connectivity index (χ1) is 51.4. The minimum absolute atomic E-state index is 0.164. The number of aliphatic carboxylic acids is 4. The maximum atomic E-state index is 14.8. The van der Waals surface area contributed by atoms with E-state index >= 15 is 0 Å². The predicted molar refractivity (Wildman–Crippen MR) is 382 cm³/mol. The minimum Gasteiger partial charge on any atom is -0.481 e. The number of alkyl carbamates (subject to hydrolysis) is 1. The van der Waals surface area contributed by atoms with Gasteiger partial charge in [-0.1, -0.05) is 83.6 Å². The molecule has 1 saturated heterocycles. The first-order valence-electron chi connectivity index (χ1n) is 34.6. The fourth-order valence-corrected chi connectivity index (χ4v) is 10.5. The summed E-state index contributed by atoms with van der Waals surface area (Å²) in [5, 5.41) is 80.5. The Hall–Kier alpha value is -11.7. The highest BCUT2D eigenvalue weighted by Crippen LogP contribution is 2.18. The fraction of sp³-hybridized carbons (Fsp3) is 0.576. The molecular weight excluding hydrogens is 1460 g/mol. The molecule has 109 heavy (non-hydrogen) atoms. The first kappa shape index (κ1) is 93.4. The Labute approximate surface area is 630 Å². The number of thiocarbonyl (C=S) groups is 1. The lowest BCUT2D eigenvalue weighted by Crippen LogP contribution is -2.61. The summed E-state index contributed by atoms with van der Waals surface area (Å²) in [6.07, 6.45) is -1.57. The summed E-state index contributed by atoms with van der Waals surface area (Å²) in [7, 11) is 0. The van der Waals surface area contributed by atoms with Gasteiger partial charge < -0.3 is 121 Å². The quantitative estimate of drug-likeness (QED) is 0.00753. The van der Waals surface area contributed by atoms with E-state index in [1.807, 2.05) is 16.0 Å². The summed E-state index contributed by atoms with van der Waals surface area (Å²) < 4.78 is 10.5. The van der Waals surface area contributed by atoms with E-state index in [-0.39, 0.29) is 35.9 Å². The zero-order valence-electron chi connectivity index (χ0n) is 60.5. The predicted octanol–water partition coefficient (Wildman–Crippen LogP) is -5.53. The number of nitrogen functional groups attached to an aromatic ring is 1. The van der Waals surface area contributed by atoms with Crippen LogP contribution in [-0.2, 0) is 91.0 Å². The second-order valence-electron chi connectivity index (χ2n) is 25.1. The summed E-state index contributed by atoms with van der Waals surface area (Å²) in [6.45, 7) is 4.51. The molecule has 604 valence electrons. The average Bonchev–Trinajstić information content (AvgIpc) is 0.851. The molecule has 0 aromatic heterocycles. The number of nitrogens with one attached hydrogen (secondary N) is 14. The van der Waals surface area contributed by atoms with Gasteiger partial charge in [0.05, 0.1) is 51.8 Å². The number of rotatable bonds is 35. The third kappa shape index (κ3) is 36.5. The van der Waals surface area contributed by atoms with Crippen molar-refractivity contribution in [2.45, 2.75) is 197 Å². The highest BCUT2D eigenvalue weighted by Gasteiger charge is 2.40. The topological polar surface area (TPSA) is 664 Å². The lowest BCUT2D eigenvalue weighted by atomic mass is 9.96. The number of carbonyl (C=O) groups excluding carboxylic acids is 15. The van der Waals surface area contributed by atoms with Crippen molar-refractivity contribution in [1.29, 1.82) is 0 Å². The van der Waals surface area contributed by atoms with Crippen LogP contribution in [0.25, 0.3) is 0 Å². The number of ether oxygens (including phenoxy) is 2. The van der Waals surface area contributed by atoms with Crippen LogP contribution in [0.3, 0.4) is 0 Å². The number of cyclic esters (lactones) is 1. The number of benzene rings is 1. The number of aliphatic hydroxyl groups is 1. The first-order valence-corrected chi connectivity index (χ1v) is 35.0. The molecule has 1 aliphatic rings. The number of anilines is 1. The monoisotopic (exact) mass is 1560 g/mol. The molecule has 12 atom stereocenters. The van der Waals surface area contributed by atoms with E-state index in [2.05, 4.69) is 72.0 Å². The SMILES string of the molecule is C=CCOC(=O)NCCC[C@@H]1NC(=O)CNC(=O)[C@@H](NC(=O)[C@H](CC(=O)O)NC(=O)[C@@H](CC(N)=O)NC(=S)NCCCCCCCCCC)[C@@H](C)OC(=O)[C@H](CC(=O)c2ccccc2N)NC(=O)[C@H](C(C)CC(=O)O)NC(=O)[C@@H](CO)NC(=O)CNC(=O)[C@H](CC(=O)O)NC(=O)[C@@H](C)NC(=O)[C@H](CC(=O)O)NC1=O. The van der Waals surface area contributed by atoms with Crippen molar-refractivity contribution >= 4 is 136 Å². The van der Waals surface area contributed by atoms with E-state index in [0.717, 1.165) is 65.7 Å². The van der Waals surface area contributed by atoms with Crippen molar-refractivity contribution in [2.75, 3.05) is 45.1 Å². The van der Waals surface area contributed by atoms with Crippen LogP contribution in [-0.4, -0.2) is 249 Å². The molecule has 1 fully saturated rings. The van der Waals surface area contributed by atoms with Crippen molar-refractivity contribution < 1.29 is 126 Å². The number of para-hydroxylation sites is 1. The van der Waals surface area contributed by atoms with Crippen LogP contribution in [0.15, 0.2) is 36.9 Å². The molecule has 0 bridgehead atoms. The Morgan fingerprint density at radius 3 is 1.72 bits per heavy atom. The molecule has 2 rings (SSSR count). The Morgan fingerprint density at radius 2 is 1.14 bits per heavy atom. The van der Waals surface area contributed by atoms with Gasteiger partial charge in [-0.15, -0.1) is 0 Å². The maximum absolute atomic E-state index is 14.8. The number of amides is 13. The van der Waals surface area contributed by atoms with Gasteiger partial charge in [0.1, 0.15) is 73.1 Å². The van der Waals surface area contributed by atoms with Gasteiger partial charge in [-0.25, -0.2) is 9.59 Å². The van der Waals surface area contributed by atoms with Gasteiger partial charge in [0.2, 0.25) is 70.9 Å². The normalized spacial score (nSPS) is 21.2. The molecule has 1 aliphatic heterocycles. The average molecular weight is 1560 g/mol. The largest absolute Gasteiger partial charge is 0.481 e. The minimum atomic E-state index is -2.40. The summed E-state index contributed by atoms with van der Waals surface area (Å²) in [5.41, 5.74) is 11.1. The van der Waals surface area contributed by atoms with Gasteiger partial charge in [-0.3, -0.25) is 81.5 Å². The number of carbonyl (C=O) groups is 19. The van der Waals surface area contributed by atoms with Crippen LogP contribution in [0.2, 0.25) is 0 Å². The zero-order chi connectivity index (χ0) is 82.0. The van der Waals surface area contributed by atoms with E-state index in [4.69, 9.17) is 33.2 Å². The lowest BCUT2D eigenvalue weighted by molar-refractivity contribution is -0.156. The third-order valence-corrected chi connectivity index (χ3v) is 16.2. The van der Waals surface area contributed by atoms with Gasteiger partial charge >= 0.3 is 35.9 Å². The number of carboxylic acids is 4. The van der Waals surface area contributed by atoms with Crippen molar-refractivity contribution in [3.05, 3.63) is 42.5 Å². The van der Waals surface area contributed by atoms with Crippen molar-refractivity contribution in [3.63, 3.8) is 0 Å². The lowest BCUT2D eigenvalue weighted by Gasteiger charge is -2.30. The van der Waals surface area contributed by atoms with Crippen LogP contribution < -0.4 is 85.9 Å². The van der Waals surface area contributed by atoms with Gasteiger partial charge in [-0.05, 0) is 63.4 Å². The van der Waals surface area contributed by atoms with E-state index in [1.165, 1.54) is 30.3 Å². The maximum Gasteiger partial charge on any atom is 0.407 e. The number of aliphatic hydroxyl groups excluding tert-OH is 1. The molecule has 13 amide bonds. The second kappa shape index (κ2) is 49.3. The highest BCUT2D eigenvalue weighted by molar-refractivity contribution is 7.80. The smallest absolute Gasteiger partial charge is 0.407 e. The van der Waals surface area contributed by atoms with E-state index in [9.17, 15) is 117 Å². The van der Waals surface area contributed by atoms with Crippen LogP contribution in [0.4, 0.5) is 10.5 Å². The summed E-state index contributed by atoms with van der Waals surface area (Å²) in [5.74, 6) is -27.6. The fourth-order valence-electron chi connectivity index (χ4n) is 10.3. The van der Waals surface area contributed by atoms with Crippen LogP contribution >= 0.6 is 12.2 Å². The Morgan fingerprint density at radius 1 is 0.606 bits per heavy atom. The standard InChI is InChI=1S/C66H98N16O26S/c1-6-8-9-10-11-12-13-16-21-69-65(109)80-39(26-46(68)85)59(100)78-42(29-52(94)95)60(101)82-54-35(5)108-64(105)43(25-45(84)36-18-14-15-19-37(36)67)79-63(104)53(33(3)24-49(88)89)81-61(102)44(32-83)75-48(87)30-71-56(97)40(27-50(90)91)76-55(96)34(4)73-58(99)41(28-51(92)93)77-57(98)38(74-47(86)31-72-62(54)103)20-17-22-70-66(106)107-23-7-2/h7,14-15,18-19,33-35,38-44,53-54,83H,2,6,8-13,16-17,20-32,67H2,1,3-5H3,(H2,68,85)(H,70,106)(H,71,97)(H,72,103)(H,73,99)(H,74,86)(H,75,87)(H,76,96)(H,77,98)(H,78,100)(H,79,104)(H,81,102)(H,82,101)(H,88,89)(H,90,91)(H,92,93)(H,94,95)(H2,69,80,109)/t33?,34-,35-,38+,39-,40+,41+,42+,43+,44-,53+,54+/m1/s1. The highest BCUT2D eigenvalue weighted by atomic mass is 32.1. The molecule has 0 spiro atoms. The number of unbranched alkanes of at least 4 members (excludes halogenated alkanes) is 7. The van der Waals surface area contributed by atoms with E-state index < -0.39 is 250 Å². The van der Waals surface area contributed by atoms with Crippen LogP contribution in [0, 0.1) is 5.92 Å². The van der Waals surface area contributed by atoms with Crippen LogP contribution in [0.1, 0.15) is 141 Å². The molecule has 1 heterocycles. The molecular formula is C66H98N16O26S. The number of nitrogens with two attached hydrogens (primary N) is 2. The molecule has 0 saturated carbocycles. The number of ketones is 1. The number of hydrogen-bond donors (Lipinski definition) is 21. The summed E-state index contributed by atoms with van der Waals surface area (Å²) in [6, 6.07) is -15.5. The number of primary amides is 1. The number of carboxylic acid groups (broad SMARTS) is 4. The van der Waals surface area contributed by atoms with Crippen molar-refractivity contribution in [2.24, 2.45) is 11.7 Å². The molecule has 1 aromatic carbocycles. The molecule has 42 nitrogen and oxygen atoms in total. The molecule has 43 heteroatoms. The Bertz CT molecular complexity index is 3460. The molecule has 0 aliphatic carbocycles. The van der Waals surface area contributed by atoms with Gasteiger partial charge in [0, 0.05) is 30.8 Å². The van der Waals surface area contributed by atoms with Crippen LogP contribution in [0.5, 0.6) is 0 Å². The second-order valence-corrected chi connectivity index (χ2v) is 25.5. The third-order valence-electron chi connectivity index (χ3n) is 16.0. The molecule has 23 N–H and O–H groups in total. The molecule has 1 unspecified atom stereocenters. The van der Waals surface area contributed by atoms with E-state index in [0.29, 0.717) is 13.0 Å². The number of esters is 1. The van der Waals surface area contributed by atoms with E-state index in [1.54, 1.807) is 0 Å². The van der Waals surface area contributed by atoms with Gasteiger partial charge in [0.15, 0.2) is 10.9 Å². The van der Waals surface area contributed by atoms with Crippen molar-refractivity contribution in [1.82, 2.24) is 74.4 Å². The Kier molecular flexibility index (Phi) is 42.2. The van der Waals surface area contributed by atoms with Crippen molar-refractivity contribution in [3.8, 4) is 0 Å².